The van der Waals surface area contributed by atoms with Crippen LogP contribution >= 0.6 is 11.3 Å². The summed E-state index contributed by atoms with van der Waals surface area (Å²) in [6, 6.07) is 2.10. The molecule has 0 unspecified atom stereocenters. The van der Waals surface area contributed by atoms with Crippen molar-refractivity contribution in [1.82, 2.24) is 10.3 Å². The topological polar surface area (TPSA) is 95.0 Å². The summed E-state index contributed by atoms with van der Waals surface area (Å²) in [5.74, 6) is -0.291. The predicted molar refractivity (Wildman–Crippen MR) is 64.9 cm³/mol. The molecule has 0 aliphatic carbocycles. The number of carbonyl (C=O) groups is 1. The Labute approximate surface area is 108 Å². The van der Waals surface area contributed by atoms with Crippen LogP contribution in [0, 0.1) is 16.7 Å². The Bertz CT molecular complexity index is 522. The van der Waals surface area contributed by atoms with E-state index in [4.69, 9.17) is 4.74 Å². The van der Waals surface area contributed by atoms with Gasteiger partial charge in [0.1, 0.15) is 5.41 Å². The zero-order valence-corrected chi connectivity index (χ0v) is 10.5. The second kappa shape index (κ2) is 5.33. The summed E-state index contributed by atoms with van der Waals surface area (Å²) in [4.78, 5) is 25.4. The fourth-order valence-corrected chi connectivity index (χ4v) is 2.44. The van der Waals surface area contributed by atoms with Gasteiger partial charge in [-0.3, -0.25) is 9.59 Å². The Morgan fingerprint density at radius 1 is 1.61 bits per heavy atom. The lowest BCUT2D eigenvalue weighted by atomic mass is 9.81. The van der Waals surface area contributed by atoms with Crippen LogP contribution in [0.4, 0.5) is 0 Å². The number of aromatic amines is 1. The summed E-state index contributed by atoms with van der Waals surface area (Å²) in [6.45, 7) is 1.09. The van der Waals surface area contributed by atoms with Crippen molar-refractivity contribution in [2.75, 3.05) is 13.2 Å². The van der Waals surface area contributed by atoms with E-state index in [1.165, 1.54) is 0 Å². The Morgan fingerprint density at radius 3 is 2.89 bits per heavy atom. The molecule has 2 rings (SSSR count). The molecular weight excluding hydrogens is 254 g/mol. The number of aromatic nitrogens is 1. The molecule has 1 aromatic rings. The zero-order chi connectivity index (χ0) is 13.0. The van der Waals surface area contributed by atoms with Gasteiger partial charge in [0.25, 0.3) is 0 Å². The standard InChI is InChI=1S/C11H13N3O3S/c12-7-11(1-3-17-4-2-11)9(15)13-5-8-6-18-10(16)14-8/h6H,1-5H2,(H,13,15)(H,14,16). The van der Waals surface area contributed by atoms with Crippen LogP contribution in [0.1, 0.15) is 18.5 Å². The monoisotopic (exact) mass is 267 g/mol. The quantitative estimate of drug-likeness (QED) is 0.827. The van der Waals surface area contributed by atoms with E-state index in [0.29, 0.717) is 31.7 Å². The molecule has 2 N–H and O–H groups in total. The summed E-state index contributed by atoms with van der Waals surface area (Å²) in [7, 11) is 0. The van der Waals surface area contributed by atoms with Crippen molar-refractivity contribution in [1.29, 1.82) is 5.26 Å². The van der Waals surface area contributed by atoms with Crippen LogP contribution < -0.4 is 10.2 Å². The van der Waals surface area contributed by atoms with Crippen molar-refractivity contribution in [3.63, 3.8) is 0 Å². The highest BCUT2D eigenvalue weighted by Gasteiger charge is 2.40. The predicted octanol–water partition coefficient (Wildman–Crippen LogP) is 0.373. The first-order valence-corrected chi connectivity index (χ1v) is 6.48. The van der Waals surface area contributed by atoms with Crippen LogP contribution in [-0.2, 0) is 16.1 Å². The normalized spacial score (nSPS) is 17.9. The van der Waals surface area contributed by atoms with E-state index in [2.05, 4.69) is 16.4 Å². The number of rotatable bonds is 3. The van der Waals surface area contributed by atoms with Crippen molar-refractivity contribution in [2.45, 2.75) is 19.4 Å². The van der Waals surface area contributed by atoms with Crippen molar-refractivity contribution in [2.24, 2.45) is 5.41 Å². The van der Waals surface area contributed by atoms with E-state index in [1.807, 2.05) is 0 Å². The first kappa shape index (κ1) is 12.8. The van der Waals surface area contributed by atoms with Gasteiger partial charge >= 0.3 is 4.87 Å². The first-order valence-electron chi connectivity index (χ1n) is 5.60. The van der Waals surface area contributed by atoms with E-state index < -0.39 is 5.41 Å². The molecule has 1 aromatic heterocycles. The van der Waals surface area contributed by atoms with Crippen LogP contribution in [0.2, 0.25) is 0 Å². The van der Waals surface area contributed by atoms with Gasteiger partial charge in [0.15, 0.2) is 0 Å². The number of H-pyrrole nitrogens is 1. The number of nitrogens with one attached hydrogen (secondary N) is 2. The molecule has 1 fully saturated rings. The van der Waals surface area contributed by atoms with E-state index in [-0.39, 0.29) is 17.3 Å². The summed E-state index contributed by atoms with van der Waals surface area (Å²) in [5.41, 5.74) is -0.340. The molecule has 0 radical (unpaired) electrons. The summed E-state index contributed by atoms with van der Waals surface area (Å²) in [6.07, 6.45) is 0.824. The molecule has 18 heavy (non-hydrogen) atoms. The Hall–Kier alpha value is -1.65. The number of ether oxygens (including phenoxy) is 1. The third-order valence-corrected chi connectivity index (χ3v) is 3.72. The maximum Gasteiger partial charge on any atom is 0.304 e. The number of amides is 1. The van der Waals surface area contributed by atoms with Gasteiger partial charge in [-0.05, 0) is 12.8 Å². The molecule has 0 bridgehead atoms. The number of nitriles is 1. The Balaban J connectivity index is 1.98. The maximum atomic E-state index is 12.1. The van der Waals surface area contributed by atoms with Gasteiger partial charge in [-0.2, -0.15) is 5.26 Å². The average molecular weight is 267 g/mol. The molecule has 2 heterocycles. The molecule has 0 aromatic carbocycles. The molecular formula is C11H13N3O3S. The second-order valence-corrected chi connectivity index (χ2v) is 5.00. The summed E-state index contributed by atoms with van der Waals surface area (Å²) >= 11 is 1.05. The van der Waals surface area contributed by atoms with Crippen LogP contribution in [0.25, 0.3) is 0 Å². The molecule has 0 saturated carbocycles. The van der Waals surface area contributed by atoms with E-state index in [0.717, 1.165) is 11.3 Å². The highest BCUT2D eigenvalue weighted by Crippen LogP contribution is 2.29. The minimum atomic E-state index is -0.992. The van der Waals surface area contributed by atoms with Gasteiger partial charge in [0.05, 0.1) is 12.6 Å². The number of hydrogen-bond donors (Lipinski definition) is 2. The van der Waals surface area contributed by atoms with Gasteiger partial charge < -0.3 is 15.0 Å². The van der Waals surface area contributed by atoms with Crippen molar-refractivity contribution in [3.05, 3.63) is 20.7 Å². The molecule has 7 heteroatoms. The SMILES string of the molecule is N#CC1(C(=O)NCc2csc(=O)[nH]2)CCOCC1. The lowest BCUT2D eigenvalue weighted by molar-refractivity contribution is -0.132. The fourth-order valence-electron chi connectivity index (χ4n) is 1.85. The second-order valence-electron chi connectivity index (χ2n) is 4.16. The maximum absolute atomic E-state index is 12.1. The molecule has 1 aliphatic rings. The van der Waals surface area contributed by atoms with Crippen molar-refractivity contribution >= 4 is 17.2 Å². The Kier molecular flexibility index (Phi) is 3.79. The lowest BCUT2D eigenvalue weighted by Crippen LogP contribution is -2.43. The number of thiazole rings is 1. The number of hydrogen-bond acceptors (Lipinski definition) is 5. The zero-order valence-electron chi connectivity index (χ0n) is 9.69. The lowest BCUT2D eigenvalue weighted by Gasteiger charge is -2.29. The molecule has 6 nitrogen and oxygen atoms in total. The highest BCUT2D eigenvalue weighted by atomic mass is 32.1. The molecule has 1 aliphatic heterocycles. The van der Waals surface area contributed by atoms with Crippen LogP contribution in [-0.4, -0.2) is 24.1 Å². The Morgan fingerprint density at radius 2 is 2.33 bits per heavy atom. The van der Waals surface area contributed by atoms with Crippen LogP contribution in [0.3, 0.4) is 0 Å². The summed E-state index contributed by atoms with van der Waals surface area (Å²) < 4.78 is 5.17. The minimum Gasteiger partial charge on any atom is -0.381 e. The molecule has 1 amide bonds. The highest BCUT2D eigenvalue weighted by molar-refractivity contribution is 7.07. The van der Waals surface area contributed by atoms with E-state index >= 15 is 0 Å². The van der Waals surface area contributed by atoms with Crippen LogP contribution in [0.15, 0.2) is 10.2 Å². The average Bonchev–Trinajstić information content (AvgIpc) is 2.82. The van der Waals surface area contributed by atoms with Gasteiger partial charge in [-0.25, -0.2) is 0 Å². The van der Waals surface area contributed by atoms with Crippen molar-refractivity contribution < 1.29 is 9.53 Å². The fraction of sp³-hybridized carbons (Fsp3) is 0.545. The number of carbonyl (C=O) groups excluding carboxylic acids is 1. The molecule has 0 spiro atoms. The summed E-state index contributed by atoms with van der Waals surface area (Å²) in [5, 5.41) is 13.5. The molecule has 1 saturated heterocycles. The third kappa shape index (κ3) is 2.60. The van der Waals surface area contributed by atoms with E-state index in [9.17, 15) is 14.9 Å². The van der Waals surface area contributed by atoms with Gasteiger partial charge in [0, 0.05) is 24.3 Å². The van der Waals surface area contributed by atoms with Gasteiger partial charge in [-0.15, -0.1) is 0 Å². The largest absolute Gasteiger partial charge is 0.381 e. The van der Waals surface area contributed by atoms with E-state index in [1.54, 1.807) is 5.38 Å². The smallest absolute Gasteiger partial charge is 0.304 e. The first-order chi connectivity index (χ1) is 8.66. The minimum absolute atomic E-state index is 0.152. The van der Waals surface area contributed by atoms with Crippen LogP contribution in [0.5, 0.6) is 0 Å². The van der Waals surface area contributed by atoms with Gasteiger partial charge in [-0.1, -0.05) is 11.3 Å². The molecule has 96 valence electrons. The molecule has 0 atom stereocenters. The number of nitrogens with zero attached hydrogens (tertiary/aromatic N) is 1. The van der Waals surface area contributed by atoms with Gasteiger partial charge in [0.2, 0.25) is 5.91 Å². The van der Waals surface area contributed by atoms with Crippen molar-refractivity contribution in [3.8, 4) is 6.07 Å². The third-order valence-electron chi connectivity index (χ3n) is 3.01.